The lowest BCUT2D eigenvalue weighted by atomic mass is 10.1. The molecule has 1 aromatic rings. The second kappa shape index (κ2) is 3.50. The van der Waals surface area contributed by atoms with Crippen molar-refractivity contribution in [1.82, 2.24) is 9.97 Å². The van der Waals surface area contributed by atoms with Crippen molar-refractivity contribution in [2.45, 2.75) is 18.9 Å². The third kappa shape index (κ3) is 1.98. The van der Waals surface area contributed by atoms with E-state index in [-0.39, 0.29) is 5.15 Å². The zero-order chi connectivity index (χ0) is 11.1. The minimum Gasteiger partial charge on any atom is -0.393 e. The van der Waals surface area contributed by atoms with Crippen molar-refractivity contribution in [1.29, 1.82) is 0 Å². The molecule has 82 valence electrons. The van der Waals surface area contributed by atoms with Gasteiger partial charge in [0, 0.05) is 13.1 Å². The van der Waals surface area contributed by atoms with Crippen molar-refractivity contribution in [2.24, 2.45) is 0 Å². The van der Waals surface area contributed by atoms with Crippen molar-refractivity contribution in [2.75, 3.05) is 23.7 Å². The molecule has 2 rings (SSSR count). The van der Waals surface area contributed by atoms with Gasteiger partial charge in [0.1, 0.15) is 12.0 Å². The Bertz CT molecular complexity index is 382. The zero-order valence-corrected chi connectivity index (χ0v) is 9.20. The SMILES string of the molecule is CC1(O)CCN(c2ncnc(Cl)c2N)C1. The van der Waals surface area contributed by atoms with Crippen LogP contribution in [0.4, 0.5) is 11.5 Å². The van der Waals surface area contributed by atoms with Crippen molar-refractivity contribution < 1.29 is 5.11 Å². The molecule has 1 aromatic heterocycles. The predicted molar refractivity (Wildman–Crippen MR) is 58.9 cm³/mol. The number of aromatic nitrogens is 2. The summed E-state index contributed by atoms with van der Waals surface area (Å²) in [4.78, 5) is 9.79. The van der Waals surface area contributed by atoms with Crippen LogP contribution in [0.3, 0.4) is 0 Å². The van der Waals surface area contributed by atoms with Gasteiger partial charge in [0.25, 0.3) is 0 Å². The molecule has 1 atom stereocenters. The van der Waals surface area contributed by atoms with E-state index in [0.717, 1.165) is 6.54 Å². The molecule has 0 spiro atoms. The molecule has 0 aromatic carbocycles. The number of aliphatic hydroxyl groups is 1. The van der Waals surface area contributed by atoms with Crippen molar-refractivity contribution >= 4 is 23.1 Å². The first-order valence-corrected chi connectivity index (χ1v) is 5.11. The van der Waals surface area contributed by atoms with E-state index in [1.807, 2.05) is 4.90 Å². The number of nitrogens with two attached hydrogens (primary N) is 1. The van der Waals surface area contributed by atoms with Gasteiger partial charge in [-0.15, -0.1) is 0 Å². The fourth-order valence-electron chi connectivity index (χ4n) is 1.74. The van der Waals surface area contributed by atoms with Gasteiger partial charge >= 0.3 is 0 Å². The van der Waals surface area contributed by atoms with E-state index >= 15 is 0 Å². The maximum atomic E-state index is 9.83. The molecule has 15 heavy (non-hydrogen) atoms. The third-order valence-electron chi connectivity index (χ3n) is 2.57. The summed E-state index contributed by atoms with van der Waals surface area (Å²) < 4.78 is 0. The summed E-state index contributed by atoms with van der Waals surface area (Å²) in [7, 11) is 0. The standard InChI is InChI=1S/C9H13ClN4O/c1-9(15)2-3-14(4-9)8-6(11)7(10)12-5-13-8/h5,15H,2-4,11H2,1H3. The molecule has 1 fully saturated rings. The molecule has 6 heteroatoms. The fraction of sp³-hybridized carbons (Fsp3) is 0.556. The zero-order valence-electron chi connectivity index (χ0n) is 8.44. The summed E-state index contributed by atoms with van der Waals surface area (Å²) in [5.41, 5.74) is 5.47. The molecule has 0 saturated carbocycles. The van der Waals surface area contributed by atoms with Crippen LogP contribution in [0.25, 0.3) is 0 Å². The fourth-order valence-corrected chi connectivity index (χ4v) is 1.87. The number of hydrogen-bond acceptors (Lipinski definition) is 5. The number of β-amino-alcohol motifs (C(OH)–C–C–N with tert-alkyl or cyclic N) is 1. The Hall–Kier alpha value is -1.07. The van der Waals surface area contributed by atoms with Crippen molar-refractivity contribution in [3.63, 3.8) is 0 Å². The van der Waals surface area contributed by atoms with Crippen LogP contribution in [0.15, 0.2) is 6.33 Å². The first-order valence-electron chi connectivity index (χ1n) is 4.73. The van der Waals surface area contributed by atoms with E-state index in [4.69, 9.17) is 17.3 Å². The Morgan fingerprint density at radius 3 is 2.93 bits per heavy atom. The quantitative estimate of drug-likeness (QED) is 0.692. The highest BCUT2D eigenvalue weighted by Crippen LogP contribution is 2.31. The predicted octanol–water partition coefficient (Wildman–Crippen LogP) is 0.673. The molecule has 1 saturated heterocycles. The van der Waals surface area contributed by atoms with Crippen molar-refractivity contribution in [3.8, 4) is 0 Å². The van der Waals surface area contributed by atoms with Gasteiger partial charge in [0.2, 0.25) is 0 Å². The number of nitrogens with zero attached hydrogens (tertiary/aromatic N) is 3. The van der Waals surface area contributed by atoms with Crippen LogP contribution in [-0.2, 0) is 0 Å². The summed E-state index contributed by atoms with van der Waals surface area (Å²) in [6.07, 6.45) is 2.08. The van der Waals surface area contributed by atoms with Gasteiger partial charge < -0.3 is 15.7 Å². The van der Waals surface area contributed by atoms with E-state index in [9.17, 15) is 5.11 Å². The van der Waals surface area contributed by atoms with E-state index < -0.39 is 5.60 Å². The first-order chi connectivity index (χ1) is 6.99. The Kier molecular flexibility index (Phi) is 2.44. The molecule has 0 radical (unpaired) electrons. The van der Waals surface area contributed by atoms with Crippen LogP contribution in [-0.4, -0.2) is 33.8 Å². The first kappa shape index (κ1) is 10.4. The average Bonchev–Trinajstić information content (AvgIpc) is 2.51. The Morgan fingerprint density at radius 1 is 1.60 bits per heavy atom. The summed E-state index contributed by atoms with van der Waals surface area (Å²) in [5.74, 6) is 0.604. The Labute approximate surface area is 92.9 Å². The molecular formula is C9H13ClN4O. The van der Waals surface area contributed by atoms with Gasteiger partial charge in [-0.2, -0.15) is 0 Å². The highest BCUT2D eigenvalue weighted by molar-refractivity contribution is 6.32. The lowest BCUT2D eigenvalue weighted by Crippen LogP contribution is -2.30. The highest BCUT2D eigenvalue weighted by Gasteiger charge is 2.33. The smallest absolute Gasteiger partial charge is 0.157 e. The molecule has 1 aliphatic rings. The molecule has 1 unspecified atom stereocenters. The molecule has 1 aliphatic heterocycles. The van der Waals surface area contributed by atoms with E-state index in [0.29, 0.717) is 24.5 Å². The lowest BCUT2D eigenvalue weighted by Gasteiger charge is -2.20. The topological polar surface area (TPSA) is 75.3 Å². The van der Waals surface area contributed by atoms with Crippen LogP contribution in [0.2, 0.25) is 5.15 Å². The van der Waals surface area contributed by atoms with Gasteiger partial charge in [0.15, 0.2) is 11.0 Å². The number of rotatable bonds is 1. The lowest BCUT2D eigenvalue weighted by molar-refractivity contribution is 0.0839. The number of halogens is 1. The van der Waals surface area contributed by atoms with Gasteiger partial charge in [-0.1, -0.05) is 11.6 Å². The number of nitrogen functional groups attached to an aromatic ring is 1. The maximum Gasteiger partial charge on any atom is 0.157 e. The minimum absolute atomic E-state index is 0.256. The Balaban J connectivity index is 2.28. The van der Waals surface area contributed by atoms with Crippen LogP contribution in [0.5, 0.6) is 0 Å². The monoisotopic (exact) mass is 228 g/mol. The van der Waals surface area contributed by atoms with E-state index in [2.05, 4.69) is 9.97 Å². The summed E-state index contributed by atoms with van der Waals surface area (Å²) in [5, 5.41) is 10.1. The van der Waals surface area contributed by atoms with Crippen LogP contribution in [0, 0.1) is 0 Å². The highest BCUT2D eigenvalue weighted by atomic mass is 35.5. The van der Waals surface area contributed by atoms with E-state index in [1.54, 1.807) is 6.92 Å². The maximum absolute atomic E-state index is 9.83. The van der Waals surface area contributed by atoms with Crippen LogP contribution in [0.1, 0.15) is 13.3 Å². The van der Waals surface area contributed by atoms with Gasteiger partial charge in [-0.25, -0.2) is 9.97 Å². The minimum atomic E-state index is -0.677. The van der Waals surface area contributed by atoms with E-state index in [1.165, 1.54) is 6.33 Å². The molecule has 3 N–H and O–H groups in total. The largest absolute Gasteiger partial charge is 0.393 e. The summed E-state index contributed by atoms with van der Waals surface area (Å²) in [6.45, 7) is 3.04. The second-order valence-corrected chi connectivity index (χ2v) is 4.43. The average molecular weight is 229 g/mol. The summed E-state index contributed by atoms with van der Waals surface area (Å²) >= 11 is 5.80. The van der Waals surface area contributed by atoms with Gasteiger partial charge in [-0.05, 0) is 13.3 Å². The van der Waals surface area contributed by atoms with Gasteiger partial charge in [0.05, 0.1) is 5.60 Å². The molecule has 0 amide bonds. The number of anilines is 2. The molecule has 5 nitrogen and oxygen atoms in total. The third-order valence-corrected chi connectivity index (χ3v) is 2.87. The van der Waals surface area contributed by atoms with Crippen LogP contribution < -0.4 is 10.6 Å². The number of hydrogen-bond donors (Lipinski definition) is 2. The summed E-state index contributed by atoms with van der Waals surface area (Å²) in [6, 6.07) is 0. The molecule has 0 bridgehead atoms. The molecule has 0 aliphatic carbocycles. The molecule has 2 heterocycles. The second-order valence-electron chi connectivity index (χ2n) is 4.07. The normalized spacial score (nSPS) is 25.9. The van der Waals surface area contributed by atoms with Gasteiger partial charge in [-0.3, -0.25) is 0 Å². The van der Waals surface area contributed by atoms with Crippen molar-refractivity contribution in [3.05, 3.63) is 11.5 Å². The molecular weight excluding hydrogens is 216 g/mol. The van der Waals surface area contributed by atoms with Crippen LogP contribution >= 0.6 is 11.6 Å². The Morgan fingerprint density at radius 2 is 2.33 bits per heavy atom.